The van der Waals surface area contributed by atoms with Gasteiger partial charge in [0, 0.05) is 17.7 Å². The van der Waals surface area contributed by atoms with Gasteiger partial charge in [0.1, 0.15) is 11.6 Å². The van der Waals surface area contributed by atoms with Gasteiger partial charge in [0.05, 0.1) is 17.2 Å². The summed E-state index contributed by atoms with van der Waals surface area (Å²) < 4.78 is 6.67. The molecular weight excluding hydrogens is 464 g/mol. The van der Waals surface area contributed by atoms with Crippen LogP contribution in [0.15, 0.2) is 65.5 Å². The Balaban J connectivity index is 1.20. The molecule has 1 N–H and O–H groups in total. The number of nitrogens with one attached hydrogen (secondary N) is 1. The molecule has 5 rings (SSSR count). The van der Waals surface area contributed by atoms with Crippen LogP contribution in [0.5, 0.6) is 0 Å². The van der Waals surface area contributed by atoms with Crippen molar-refractivity contribution < 1.29 is 14.3 Å². The maximum absolute atomic E-state index is 12.7. The summed E-state index contributed by atoms with van der Waals surface area (Å²) in [5.41, 5.74) is 1.98. The third-order valence-electron chi connectivity index (χ3n) is 5.91. The van der Waals surface area contributed by atoms with E-state index in [0.717, 1.165) is 23.4 Å². The number of ether oxygens (including phenoxy) is 1. The van der Waals surface area contributed by atoms with Crippen LogP contribution in [-0.2, 0) is 16.1 Å². The quantitative estimate of drug-likeness (QED) is 0.366. The van der Waals surface area contributed by atoms with E-state index in [9.17, 15) is 14.4 Å². The highest BCUT2D eigenvalue weighted by Gasteiger charge is 2.28. The van der Waals surface area contributed by atoms with Crippen molar-refractivity contribution >= 4 is 33.9 Å². The average molecular weight is 489 g/mol. The van der Waals surface area contributed by atoms with Crippen LogP contribution in [0.1, 0.15) is 64.6 Å². The molecule has 1 aliphatic carbocycles. The lowest BCUT2D eigenvalue weighted by Gasteiger charge is -2.15. The number of anilines is 1. The molecule has 2 aromatic carbocycles. The highest BCUT2D eigenvalue weighted by Crippen LogP contribution is 2.41. The molecular formula is C26H24N4O4S. The summed E-state index contributed by atoms with van der Waals surface area (Å²) in [7, 11) is 0. The molecule has 0 radical (unpaired) electrons. The third kappa shape index (κ3) is 5.14. The molecule has 9 heteroatoms. The number of carbonyl (C=O) groups is 2. The smallest absolute Gasteiger partial charge is 0.338 e. The molecule has 8 nitrogen and oxygen atoms in total. The zero-order chi connectivity index (χ0) is 24.4. The van der Waals surface area contributed by atoms with Gasteiger partial charge < -0.3 is 10.1 Å². The number of esters is 1. The molecule has 2 aromatic heterocycles. The van der Waals surface area contributed by atoms with Crippen molar-refractivity contribution in [3.8, 4) is 0 Å². The molecule has 1 fully saturated rings. The summed E-state index contributed by atoms with van der Waals surface area (Å²) in [6.07, 6.45) is 2.86. The Kier molecular flexibility index (Phi) is 6.41. The van der Waals surface area contributed by atoms with Crippen molar-refractivity contribution in [3.05, 3.63) is 92.8 Å². The van der Waals surface area contributed by atoms with E-state index in [1.165, 1.54) is 21.9 Å². The van der Waals surface area contributed by atoms with E-state index in [4.69, 9.17) is 4.74 Å². The standard InChI is InChI=1S/C26H24N4O4S/c1-2-21(16-6-4-3-5-7-16)23(32)27-19-12-10-18(11-13-19)25(33)34-15-20-14-22(31)30-26(28-20)35-24(29-30)17-8-9-17/h3-7,10-14,17,21H,2,8-9,15H2,1H3,(H,27,32)/t21-/m1/s1. The van der Waals surface area contributed by atoms with Gasteiger partial charge in [-0.05, 0) is 49.1 Å². The minimum Gasteiger partial charge on any atom is -0.456 e. The molecule has 4 aromatic rings. The number of benzene rings is 2. The number of carbonyl (C=O) groups excluding carboxylic acids is 2. The average Bonchev–Trinajstić information content (AvgIpc) is 3.63. The van der Waals surface area contributed by atoms with E-state index in [1.54, 1.807) is 24.3 Å². The van der Waals surface area contributed by atoms with Crippen molar-refractivity contribution in [2.75, 3.05) is 5.32 Å². The Hall–Kier alpha value is -3.85. The van der Waals surface area contributed by atoms with Crippen LogP contribution in [0.4, 0.5) is 5.69 Å². The van der Waals surface area contributed by atoms with Crippen LogP contribution in [0, 0.1) is 0 Å². The first-order valence-electron chi connectivity index (χ1n) is 11.5. The zero-order valence-corrected chi connectivity index (χ0v) is 20.0. The van der Waals surface area contributed by atoms with Crippen LogP contribution in [-0.4, -0.2) is 26.5 Å². The summed E-state index contributed by atoms with van der Waals surface area (Å²) >= 11 is 1.40. The van der Waals surface area contributed by atoms with E-state index < -0.39 is 5.97 Å². The van der Waals surface area contributed by atoms with Gasteiger partial charge in [-0.2, -0.15) is 9.61 Å². The first-order valence-corrected chi connectivity index (χ1v) is 12.4. The number of nitrogens with zero attached hydrogens (tertiary/aromatic N) is 3. The minimum absolute atomic E-state index is 0.102. The molecule has 0 bridgehead atoms. The van der Waals surface area contributed by atoms with E-state index in [0.29, 0.717) is 34.2 Å². The molecule has 1 saturated carbocycles. The summed E-state index contributed by atoms with van der Waals surface area (Å²) in [4.78, 5) is 42.5. The number of hydrogen-bond donors (Lipinski definition) is 1. The predicted octanol–water partition coefficient (Wildman–Crippen LogP) is 4.52. The fourth-order valence-electron chi connectivity index (χ4n) is 3.84. The van der Waals surface area contributed by atoms with Crippen molar-refractivity contribution in [2.24, 2.45) is 0 Å². The molecule has 0 spiro atoms. The van der Waals surface area contributed by atoms with Gasteiger partial charge in [0.15, 0.2) is 0 Å². The number of hydrogen-bond acceptors (Lipinski definition) is 7. The van der Waals surface area contributed by atoms with E-state index >= 15 is 0 Å². The van der Waals surface area contributed by atoms with Crippen LogP contribution in [0.25, 0.3) is 4.96 Å². The third-order valence-corrected chi connectivity index (χ3v) is 6.98. The molecule has 2 heterocycles. The highest BCUT2D eigenvalue weighted by atomic mass is 32.1. The van der Waals surface area contributed by atoms with Crippen LogP contribution in [0.2, 0.25) is 0 Å². The van der Waals surface area contributed by atoms with Crippen LogP contribution in [0.3, 0.4) is 0 Å². The fourth-order valence-corrected chi connectivity index (χ4v) is 4.93. The summed E-state index contributed by atoms with van der Waals surface area (Å²) in [5, 5.41) is 8.17. The Labute approximate surface area is 205 Å². The largest absolute Gasteiger partial charge is 0.456 e. The number of rotatable bonds is 8. The number of aromatic nitrogens is 3. The van der Waals surface area contributed by atoms with Crippen LogP contribution >= 0.6 is 11.3 Å². The van der Waals surface area contributed by atoms with Gasteiger partial charge in [0.2, 0.25) is 10.9 Å². The second-order valence-electron chi connectivity index (χ2n) is 8.51. The zero-order valence-electron chi connectivity index (χ0n) is 19.1. The normalized spacial score (nSPS) is 14.0. The van der Waals surface area contributed by atoms with E-state index in [2.05, 4.69) is 15.4 Å². The summed E-state index contributed by atoms with van der Waals surface area (Å²) in [5.74, 6) is -0.465. The number of amides is 1. The van der Waals surface area contributed by atoms with E-state index in [-0.39, 0.29) is 24.0 Å². The monoisotopic (exact) mass is 488 g/mol. The lowest BCUT2D eigenvalue weighted by molar-refractivity contribution is -0.117. The Morgan fingerprint density at radius 3 is 2.57 bits per heavy atom. The van der Waals surface area contributed by atoms with Gasteiger partial charge in [-0.3, -0.25) is 9.59 Å². The van der Waals surface area contributed by atoms with Gasteiger partial charge in [-0.15, -0.1) is 0 Å². The molecule has 1 amide bonds. The Bertz CT molecular complexity index is 1430. The van der Waals surface area contributed by atoms with E-state index in [1.807, 2.05) is 37.3 Å². The van der Waals surface area contributed by atoms with Crippen molar-refractivity contribution in [1.29, 1.82) is 0 Å². The number of fused-ring (bicyclic) bond motifs is 1. The maximum atomic E-state index is 12.7. The first-order chi connectivity index (χ1) is 17.0. The Morgan fingerprint density at radius 2 is 1.89 bits per heavy atom. The molecule has 0 saturated heterocycles. The molecule has 0 aliphatic heterocycles. The molecule has 35 heavy (non-hydrogen) atoms. The SMILES string of the molecule is CC[C@@H](C(=O)Nc1ccc(C(=O)OCc2cc(=O)n3nc(C4CC4)sc3n2)cc1)c1ccccc1. The van der Waals surface area contributed by atoms with Gasteiger partial charge >= 0.3 is 5.97 Å². The molecule has 178 valence electrons. The lowest BCUT2D eigenvalue weighted by atomic mass is 9.95. The van der Waals surface area contributed by atoms with Gasteiger partial charge in [-0.1, -0.05) is 48.6 Å². The van der Waals surface area contributed by atoms with Crippen LogP contribution < -0.4 is 10.9 Å². The first kappa shape index (κ1) is 22.9. The fraction of sp³-hybridized carbons (Fsp3) is 0.269. The Morgan fingerprint density at radius 1 is 1.14 bits per heavy atom. The van der Waals surface area contributed by atoms with Crippen molar-refractivity contribution in [1.82, 2.24) is 14.6 Å². The predicted molar refractivity (Wildman–Crippen MR) is 133 cm³/mol. The van der Waals surface area contributed by atoms with Gasteiger partial charge in [-0.25, -0.2) is 9.78 Å². The topological polar surface area (TPSA) is 103 Å². The lowest BCUT2D eigenvalue weighted by Crippen LogP contribution is -2.20. The molecule has 1 aliphatic rings. The molecule has 0 unspecified atom stereocenters. The van der Waals surface area contributed by atoms with Crippen molar-refractivity contribution in [2.45, 2.75) is 44.6 Å². The molecule has 1 atom stereocenters. The summed E-state index contributed by atoms with van der Waals surface area (Å²) in [6, 6.07) is 17.5. The van der Waals surface area contributed by atoms with Crippen molar-refractivity contribution in [3.63, 3.8) is 0 Å². The van der Waals surface area contributed by atoms with Gasteiger partial charge in [0.25, 0.3) is 5.56 Å². The highest BCUT2D eigenvalue weighted by molar-refractivity contribution is 7.16. The second-order valence-corrected chi connectivity index (χ2v) is 9.50. The second kappa shape index (κ2) is 9.79. The summed E-state index contributed by atoms with van der Waals surface area (Å²) in [6.45, 7) is 1.85. The maximum Gasteiger partial charge on any atom is 0.338 e. The minimum atomic E-state index is -0.538.